The molecule has 1 aliphatic rings. The topological polar surface area (TPSA) is 156 Å². The number of anilines is 2. The molecule has 1 aromatic carbocycles. The molecule has 1 fully saturated rings. The third-order valence-electron chi connectivity index (χ3n) is 7.40. The van der Waals surface area contributed by atoms with E-state index in [2.05, 4.69) is 20.6 Å². The quantitative estimate of drug-likeness (QED) is 0.335. The zero-order valence-electron chi connectivity index (χ0n) is 24.0. The van der Waals surface area contributed by atoms with E-state index in [1.165, 1.54) is 12.3 Å². The number of aromatic nitrogens is 2. The summed E-state index contributed by atoms with van der Waals surface area (Å²) in [6.07, 6.45) is 6.17. The lowest BCUT2D eigenvalue weighted by atomic mass is 9.92. The molecule has 3 aromatic rings. The number of halogens is 1. The van der Waals surface area contributed by atoms with Crippen LogP contribution in [0.25, 0.3) is 0 Å². The summed E-state index contributed by atoms with van der Waals surface area (Å²) < 4.78 is 49.3. The van der Waals surface area contributed by atoms with Gasteiger partial charge in [-0.05, 0) is 60.7 Å². The number of benzene rings is 1. The highest BCUT2D eigenvalue weighted by Crippen LogP contribution is 2.32. The minimum Gasteiger partial charge on any atom is -0.354 e. The smallest absolute Gasteiger partial charge is 0.255 e. The van der Waals surface area contributed by atoms with Crippen LogP contribution in [0, 0.1) is 5.92 Å². The van der Waals surface area contributed by atoms with E-state index < -0.39 is 36.9 Å². The highest BCUT2D eigenvalue weighted by atomic mass is 35.5. The number of carbonyl (C=O) groups excluding carboxylic acids is 2. The fraction of sp³-hybridized carbons (Fsp3) is 0.379. The summed E-state index contributed by atoms with van der Waals surface area (Å²) in [5.74, 6) is -0.693. The van der Waals surface area contributed by atoms with E-state index >= 15 is 0 Å². The van der Waals surface area contributed by atoms with E-state index in [-0.39, 0.29) is 29.8 Å². The maximum atomic E-state index is 13.1. The molecular formula is C29H34ClN5O6S2. The first kappa shape index (κ1) is 32.4. The number of amides is 2. The van der Waals surface area contributed by atoms with Gasteiger partial charge in [-0.3, -0.25) is 9.59 Å². The van der Waals surface area contributed by atoms with Gasteiger partial charge >= 0.3 is 0 Å². The average molecular weight is 648 g/mol. The van der Waals surface area contributed by atoms with Crippen LogP contribution >= 0.6 is 11.6 Å². The Morgan fingerprint density at radius 1 is 1.07 bits per heavy atom. The Morgan fingerprint density at radius 3 is 2.47 bits per heavy atom. The van der Waals surface area contributed by atoms with Gasteiger partial charge < -0.3 is 15.5 Å². The molecule has 0 aliphatic carbocycles. The molecule has 0 radical (unpaired) electrons. The number of pyridine rings is 2. The number of carbonyl (C=O) groups is 2. The van der Waals surface area contributed by atoms with Crippen molar-refractivity contribution in [2.24, 2.45) is 5.92 Å². The van der Waals surface area contributed by atoms with Crippen LogP contribution in [-0.4, -0.2) is 69.5 Å². The van der Waals surface area contributed by atoms with E-state index in [0.717, 1.165) is 12.5 Å². The third kappa shape index (κ3) is 8.30. The predicted molar refractivity (Wildman–Crippen MR) is 166 cm³/mol. The van der Waals surface area contributed by atoms with Gasteiger partial charge in [0.25, 0.3) is 5.91 Å². The van der Waals surface area contributed by atoms with Crippen molar-refractivity contribution in [1.29, 1.82) is 0 Å². The summed E-state index contributed by atoms with van der Waals surface area (Å²) in [4.78, 5) is 36.3. The van der Waals surface area contributed by atoms with Crippen molar-refractivity contribution in [1.82, 2.24) is 15.3 Å². The number of nitrogens with zero attached hydrogens (tertiary/aromatic N) is 3. The molecule has 3 unspecified atom stereocenters. The van der Waals surface area contributed by atoms with Crippen molar-refractivity contribution in [3.63, 3.8) is 0 Å². The predicted octanol–water partition coefficient (Wildman–Crippen LogP) is 3.68. The number of rotatable bonds is 10. The normalized spacial score (nSPS) is 18.1. The molecule has 2 aromatic heterocycles. The van der Waals surface area contributed by atoms with E-state index in [0.29, 0.717) is 47.0 Å². The third-order valence-corrected chi connectivity index (χ3v) is 10.3. The monoisotopic (exact) mass is 647 g/mol. The Bertz CT molecular complexity index is 1700. The van der Waals surface area contributed by atoms with Crippen molar-refractivity contribution in [2.45, 2.75) is 42.5 Å². The first-order chi connectivity index (χ1) is 20.3. The zero-order chi connectivity index (χ0) is 31.4. The molecule has 1 saturated heterocycles. The first-order valence-corrected chi connectivity index (χ1v) is 17.9. The summed E-state index contributed by atoms with van der Waals surface area (Å²) in [6, 6.07) is 12.5. The SMILES string of the molecule is CCC(NC(=O)CC1CCN(c2ncccc2NC(=O)c2cccc(Cl)c2)CC1S(C)(=O)=O)c1ccc(S(C)(=O)=O)nc1. The van der Waals surface area contributed by atoms with Gasteiger partial charge in [0.05, 0.1) is 17.0 Å². The Balaban J connectivity index is 1.46. The minimum atomic E-state index is -3.57. The second-order valence-corrected chi connectivity index (χ2v) is 15.3. The highest BCUT2D eigenvalue weighted by Gasteiger charge is 2.38. The summed E-state index contributed by atoms with van der Waals surface area (Å²) in [5, 5.41) is 5.32. The van der Waals surface area contributed by atoms with Crippen LogP contribution in [0.15, 0.2) is 66.0 Å². The lowest BCUT2D eigenvalue weighted by Crippen LogP contribution is -2.49. The molecule has 2 amide bonds. The fourth-order valence-corrected chi connectivity index (χ4v) is 7.31. The maximum Gasteiger partial charge on any atom is 0.255 e. The molecule has 230 valence electrons. The Hall–Kier alpha value is -3.55. The molecule has 0 saturated carbocycles. The summed E-state index contributed by atoms with van der Waals surface area (Å²) in [6.45, 7) is 2.40. The van der Waals surface area contributed by atoms with Gasteiger partial charge in [-0.15, -0.1) is 0 Å². The molecule has 1 aliphatic heterocycles. The van der Waals surface area contributed by atoms with E-state index in [1.807, 2.05) is 11.8 Å². The van der Waals surface area contributed by atoms with Gasteiger partial charge in [-0.2, -0.15) is 0 Å². The second-order valence-electron chi connectivity index (χ2n) is 10.6. The van der Waals surface area contributed by atoms with Gasteiger partial charge in [0.1, 0.15) is 0 Å². The molecule has 3 heterocycles. The Morgan fingerprint density at radius 2 is 1.84 bits per heavy atom. The molecule has 0 spiro atoms. The Labute approximate surface area is 256 Å². The molecule has 4 rings (SSSR count). The van der Waals surface area contributed by atoms with Crippen LogP contribution in [0.2, 0.25) is 5.02 Å². The van der Waals surface area contributed by atoms with Crippen LogP contribution in [0.5, 0.6) is 0 Å². The maximum absolute atomic E-state index is 13.1. The van der Waals surface area contributed by atoms with E-state index in [1.54, 1.807) is 48.7 Å². The van der Waals surface area contributed by atoms with Crippen molar-refractivity contribution < 1.29 is 26.4 Å². The van der Waals surface area contributed by atoms with E-state index in [4.69, 9.17) is 11.6 Å². The fourth-order valence-electron chi connectivity index (χ4n) is 5.18. The van der Waals surface area contributed by atoms with Crippen molar-refractivity contribution in [3.8, 4) is 0 Å². The van der Waals surface area contributed by atoms with E-state index in [9.17, 15) is 26.4 Å². The molecule has 11 nitrogen and oxygen atoms in total. The molecule has 43 heavy (non-hydrogen) atoms. The summed E-state index contributed by atoms with van der Waals surface area (Å²) in [5.41, 5.74) is 1.45. The molecular weight excluding hydrogens is 614 g/mol. The number of sulfone groups is 2. The van der Waals surface area contributed by atoms with Gasteiger partial charge in [0.15, 0.2) is 30.5 Å². The zero-order valence-corrected chi connectivity index (χ0v) is 26.4. The Kier molecular flexibility index (Phi) is 10.1. The largest absolute Gasteiger partial charge is 0.354 e. The van der Waals surface area contributed by atoms with Crippen molar-refractivity contribution in [3.05, 3.63) is 77.1 Å². The standard InChI is InChI=1S/C29H34ClN5O6S2/c1-4-23(21-10-11-27(32-17-21)43(3,40)41)33-26(36)16-19-12-14-35(18-25(19)42(2,38)39)28-24(9-6-13-31-28)34-29(37)20-7-5-8-22(30)15-20/h5-11,13,15,17,19,23,25H,4,12,14,16,18H2,1-3H3,(H,33,36)(H,34,37). The van der Waals surface area contributed by atoms with Gasteiger partial charge in [-0.25, -0.2) is 26.8 Å². The van der Waals surface area contributed by atoms with Crippen LogP contribution < -0.4 is 15.5 Å². The summed E-state index contributed by atoms with van der Waals surface area (Å²) in [7, 11) is -7.02. The minimum absolute atomic E-state index is 0.00247. The van der Waals surface area contributed by atoms with Gasteiger partial charge in [0.2, 0.25) is 5.91 Å². The van der Waals surface area contributed by atoms with Crippen molar-refractivity contribution >= 4 is 54.6 Å². The highest BCUT2D eigenvalue weighted by molar-refractivity contribution is 7.91. The number of piperidine rings is 1. The molecule has 2 N–H and O–H groups in total. The lowest BCUT2D eigenvalue weighted by Gasteiger charge is -2.38. The van der Waals surface area contributed by atoms with Gasteiger partial charge in [-0.1, -0.05) is 30.7 Å². The lowest BCUT2D eigenvalue weighted by molar-refractivity contribution is -0.122. The van der Waals surface area contributed by atoms with Crippen LogP contribution in [0.3, 0.4) is 0 Å². The molecule has 14 heteroatoms. The number of nitrogens with one attached hydrogen (secondary N) is 2. The molecule has 3 atom stereocenters. The average Bonchev–Trinajstić information content (AvgIpc) is 2.95. The summed E-state index contributed by atoms with van der Waals surface area (Å²) >= 11 is 6.03. The van der Waals surface area contributed by atoms with Crippen molar-refractivity contribution in [2.75, 3.05) is 35.8 Å². The number of hydrogen-bond donors (Lipinski definition) is 2. The van der Waals surface area contributed by atoms with Gasteiger partial charge in [0, 0.05) is 55.0 Å². The first-order valence-electron chi connectivity index (χ1n) is 13.7. The van der Waals surface area contributed by atoms with Crippen LogP contribution in [0.1, 0.15) is 48.1 Å². The van der Waals surface area contributed by atoms with Crippen LogP contribution in [-0.2, 0) is 24.5 Å². The molecule has 0 bridgehead atoms. The number of hydrogen-bond acceptors (Lipinski definition) is 9. The second kappa shape index (κ2) is 13.4. The van der Waals surface area contributed by atoms with Crippen LogP contribution in [0.4, 0.5) is 11.5 Å².